The predicted octanol–water partition coefficient (Wildman–Crippen LogP) is 2.10. The summed E-state index contributed by atoms with van der Waals surface area (Å²) in [7, 11) is -1.83. The van der Waals surface area contributed by atoms with E-state index in [0.717, 1.165) is 0 Å². The second-order valence-electron chi connectivity index (χ2n) is 5.10. The number of rotatable bonds is 6. The maximum atomic E-state index is 11.6. The lowest BCUT2D eigenvalue weighted by Crippen LogP contribution is -2.43. The fraction of sp³-hybridized carbons (Fsp3) is 0.818. The highest BCUT2D eigenvalue weighted by Gasteiger charge is 2.38. The van der Waals surface area contributed by atoms with E-state index < -0.39 is 20.4 Å². The zero-order valence-corrected chi connectivity index (χ0v) is 12.5. The normalized spacial score (nSPS) is 13.1. The summed E-state index contributed by atoms with van der Waals surface area (Å²) in [5, 5.41) is 0. The van der Waals surface area contributed by atoms with Crippen molar-refractivity contribution < 1.29 is 18.7 Å². The van der Waals surface area contributed by atoms with Gasteiger partial charge in [-0.25, -0.2) is 4.79 Å². The van der Waals surface area contributed by atoms with E-state index in [0.29, 0.717) is 0 Å². The maximum Gasteiger partial charge on any atom is 0.419 e. The molecule has 1 unspecified atom stereocenters. The molecule has 0 aromatic rings. The first-order valence-electron chi connectivity index (χ1n) is 5.79. The highest BCUT2D eigenvalue weighted by molar-refractivity contribution is 6.70. The zero-order valence-electron chi connectivity index (χ0n) is 11.5. The van der Waals surface area contributed by atoms with Crippen LogP contribution in [0.1, 0.15) is 20.8 Å². The van der Waals surface area contributed by atoms with Crippen molar-refractivity contribution in [3.8, 4) is 0 Å². The van der Waals surface area contributed by atoms with Crippen LogP contribution in [0.2, 0.25) is 19.6 Å². The van der Waals surface area contributed by atoms with Crippen LogP contribution in [0.25, 0.3) is 5.53 Å². The molecule has 0 N–H and O–H groups in total. The molecule has 6 heteroatoms. The Morgan fingerprint density at radius 1 is 1.35 bits per heavy atom. The quantitative estimate of drug-likeness (QED) is 0.241. The molecule has 17 heavy (non-hydrogen) atoms. The number of carbonyl (C=O) groups is 1. The van der Waals surface area contributed by atoms with Gasteiger partial charge in [-0.1, -0.05) is 13.8 Å². The fourth-order valence-electron chi connectivity index (χ4n) is 1.31. The van der Waals surface area contributed by atoms with Crippen LogP contribution in [0.15, 0.2) is 0 Å². The van der Waals surface area contributed by atoms with Gasteiger partial charge >= 0.3 is 11.7 Å². The second-order valence-corrected chi connectivity index (χ2v) is 9.56. The van der Waals surface area contributed by atoms with Crippen LogP contribution >= 0.6 is 0 Å². The van der Waals surface area contributed by atoms with Crippen molar-refractivity contribution in [3.63, 3.8) is 0 Å². The number of hydrogen-bond acceptors (Lipinski definition) is 3. The van der Waals surface area contributed by atoms with Crippen molar-refractivity contribution in [1.82, 2.24) is 0 Å². The molecule has 0 bridgehead atoms. The van der Waals surface area contributed by atoms with Crippen LogP contribution in [0.3, 0.4) is 0 Å². The van der Waals surface area contributed by atoms with Crippen LogP contribution in [0, 0.1) is 5.92 Å². The molecule has 1 atom stereocenters. The zero-order chi connectivity index (χ0) is 13.6. The van der Waals surface area contributed by atoms with E-state index in [4.69, 9.17) is 14.7 Å². The van der Waals surface area contributed by atoms with Crippen LogP contribution in [0.4, 0.5) is 0 Å². The number of hydrogen-bond donors (Lipinski definition) is 0. The summed E-state index contributed by atoms with van der Waals surface area (Å²) in [6.45, 7) is 11.8. The van der Waals surface area contributed by atoms with Crippen LogP contribution in [-0.4, -0.2) is 37.5 Å². The van der Waals surface area contributed by atoms with E-state index in [1.165, 1.54) is 0 Å². The summed E-state index contributed by atoms with van der Waals surface area (Å²) in [6.07, 6.45) is -0.522. The van der Waals surface area contributed by atoms with Gasteiger partial charge in [0.15, 0.2) is 14.4 Å². The first-order chi connectivity index (χ1) is 7.72. The second kappa shape index (κ2) is 6.69. The molecule has 0 aliphatic heterocycles. The Hall–Kier alpha value is -0.973. The highest BCUT2D eigenvalue weighted by atomic mass is 28.4. The molecular weight excluding hydrogens is 236 g/mol. The van der Waals surface area contributed by atoms with E-state index in [2.05, 4.69) is 4.79 Å². The van der Waals surface area contributed by atoms with Crippen molar-refractivity contribution in [2.45, 2.75) is 46.5 Å². The van der Waals surface area contributed by atoms with Gasteiger partial charge in [0, 0.05) is 0 Å². The molecule has 0 aromatic carbocycles. The third kappa shape index (κ3) is 5.77. The van der Waals surface area contributed by atoms with Crippen LogP contribution in [0.5, 0.6) is 0 Å². The molecule has 5 nitrogen and oxygen atoms in total. The molecule has 0 aromatic heterocycles. The number of ether oxygens (including phenoxy) is 1. The molecule has 0 radical (unpaired) electrons. The van der Waals surface area contributed by atoms with Crippen molar-refractivity contribution in [2.75, 3.05) is 6.61 Å². The Labute approximate surface area is 104 Å². The average molecular weight is 258 g/mol. The van der Waals surface area contributed by atoms with Gasteiger partial charge in [0.1, 0.15) is 0 Å². The lowest BCUT2D eigenvalue weighted by molar-refractivity contribution is -0.141. The van der Waals surface area contributed by atoms with Crippen molar-refractivity contribution >= 4 is 20.0 Å². The van der Waals surface area contributed by atoms with E-state index in [9.17, 15) is 4.79 Å². The summed E-state index contributed by atoms with van der Waals surface area (Å²) in [6, 6.07) is 0. The first-order valence-corrected chi connectivity index (χ1v) is 9.20. The molecule has 0 aliphatic rings. The minimum absolute atomic E-state index is 0.0389. The molecule has 0 amide bonds. The summed E-state index contributed by atoms with van der Waals surface area (Å²) >= 11 is 0. The van der Waals surface area contributed by atoms with Gasteiger partial charge in [-0.2, -0.15) is 4.79 Å². The molecular formula is C11H22N2O3Si. The summed E-state index contributed by atoms with van der Waals surface area (Å²) in [5.74, 6) is -0.580. The van der Waals surface area contributed by atoms with Crippen molar-refractivity contribution in [1.29, 1.82) is 0 Å². The highest BCUT2D eigenvalue weighted by Crippen LogP contribution is 2.15. The van der Waals surface area contributed by atoms with Gasteiger partial charge in [0.25, 0.3) is 0 Å². The van der Waals surface area contributed by atoms with Gasteiger partial charge in [-0.05, 0) is 32.5 Å². The lowest BCUT2D eigenvalue weighted by atomic mass is 10.0. The Morgan fingerprint density at radius 3 is 2.18 bits per heavy atom. The summed E-state index contributed by atoms with van der Waals surface area (Å²) in [5.41, 5.74) is 8.91. The largest absolute Gasteiger partial charge is 0.457 e. The molecule has 0 spiro atoms. The SMILES string of the molecule is CCOC(=O)C(=[N+]=[N-])C(O[Si](C)(C)C)C(C)C. The van der Waals surface area contributed by atoms with Gasteiger partial charge in [0.05, 0.1) is 6.61 Å². The monoisotopic (exact) mass is 258 g/mol. The fourth-order valence-corrected chi connectivity index (χ4v) is 2.45. The smallest absolute Gasteiger partial charge is 0.419 e. The van der Waals surface area contributed by atoms with Crippen molar-refractivity contribution in [3.05, 3.63) is 5.53 Å². The first kappa shape index (κ1) is 16.0. The average Bonchev–Trinajstić information content (AvgIpc) is 2.15. The topological polar surface area (TPSA) is 71.9 Å². The molecule has 0 aliphatic carbocycles. The van der Waals surface area contributed by atoms with Gasteiger partial charge in [-0.3, -0.25) is 0 Å². The number of esters is 1. The Morgan fingerprint density at radius 2 is 1.88 bits per heavy atom. The van der Waals surface area contributed by atoms with Gasteiger partial charge in [-0.15, -0.1) is 0 Å². The number of carbonyl (C=O) groups excluding carboxylic acids is 1. The minimum atomic E-state index is -1.83. The maximum absolute atomic E-state index is 11.6. The minimum Gasteiger partial charge on any atom is -0.457 e. The van der Waals surface area contributed by atoms with E-state index in [1.54, 1.807) is 6.92 Å². The van der Waals surface area contributed by atoms with Crippen LogP contribution in [-0.2, 0) is 14.0 Å². The molecule has 0 saturated carbocycles. The van der Waals surface area contributed by atoms with E-state index >= 15 is 0 Å². The molecule has 0 saturated heterocycles. The van der Waals surface area contributed by atoms with Crippen LogP contribution < -0.4 is 0 Å². The van der Waals surface area contributed by atoms with Gasteiger partial charge < -0.3 is 14.7 Å². The standard InChI is InChI=1S/C11H22N2O3Si/c1-7-15-11(14)9(13-12)10(8(2)3)16-17(4,5)6/h8,10H,7H2,1-6H3. The third-order valence-electron chi connectivity index (χ3n) is 1.95. The lowest BCUT2D eigenvalue weighted by Gasteiger charge is -2.25. The molecule has 0 fully saturated rings. The third-order valence-corrected chi connectivity index (χ3v) is 2.91. The predicted molar refractivity (Wildman–Crippen MR) is 68.3 cm³/mol. The Bertz CT molecular complexity index is 317. The van der Waals surface area contributed by atoms with E-state index in [-0.39, 0.29) is 18.2 Å². The number of nitrogens with zero attached hydrogens (tertiary/aromatic N) is 2. The van der Waals surface area contributed by atoms with Crippen molar-refractivity contribution in [2.24, 2.45) is 5.92 Å². The molecule has 98 valence electrons. The van der Waals surface area contributed by atoms with Gasteiger partial charge in [0.2, 0.25) is 0 Å². The Kier molecular flexibility index (Phi) is 6.30. The molecule has 0 rings (SSSR count). The summed E-state index contributed by atoms with van der Waals surface area (Å²) in [4.78, 5) is 14.7. The van der Waals surface area contributed by atoms with E-state index in [1.807, 2.05) is 33.5 Å². The Balaban J connectivity index is 5.03. The summed E-state index contributed by atoms with van der Waals surface area (Å²) < 4.78 is 10.7. The molecule has 0 heterocycles.